The zero-order valence-electron chi connectivity index (χ0n) is 9.00. The van der Waals surface area contributed by atoms with Crippen LogP contribution in [0.3, 0.4) is 0 Å². The number of ether oxygens (including phenoxy) is 1. The minimum absolute atomic E-state index is 0. The van der Waals surface area contributed by atoms with Crippen LogP contribution in [0.25, 0.3) is 0 Å². The van der Waals surface area contributed by atoms with E-state index in [2.05, 4.69) is 6.66 Å². The Morgan fingerprint density at radius 3 is 2.47 bits per heavy atom. The van der Waals surface area contributed by atoms with Gasteiger partial charge >= 0.3 is 100 Å². The van der Waals surface area contributed by atoms with Gasteiger partial charge in [-0.15, -0.1) is 0 Å². The molecule has 0 amide bonds. The molecule has 87 valence electrons. The molecule has 1 saturated heterocycles. The van der Waals surface area contributed by atoms with Crippen LogP contribution in [0.2, 0.25) is 0 Å². The van der Waals surface area contributed by atoms with E-state index in [1.54, 1.807) is 13.8 Å². The molecule has 1 unspecified atom stereocenters. The zero-order valence-corrected chi connectivity index (χ0v) is 16.5. The molecule has 0 bridgehead atoms. The van der Waals surface area contributed by atoms with Gasteiger partial charge in [-0.25, -0.2) is 0 Å². The first-order chi connectivity index (χ1) is 6.35. The Kier molecular flexibility index (Phi) is 8.19. The molecule has 2 nitrogen and oxygen atoms in total. The number of hydrogen-bond donors (Lipinski definition) is 0. The van der Waals surface area contributed by atoms with Gasteiger partial charge in [-0.1, -0.05) is 0 Å². The van der Waals surface area contributed by atoms with Gasteiger partial charge in [0.2, 0.25) is 0 Å². The molecule has 0 aromatic rings. The first-order valence-electron chi connectivity index (χ1n) is 4.52. The zero-order chi connectivity index (χ0) is 10.9. The topological polar surface area (TPSA) is 18.5 Å². The van der Waals surface area contributed by atoms with Gasteiger partial charge in [-0.05, 0) is 0 Å². The first-order valence-corrected chi connectivity index (χ1v) is 11.1. The fourth-order valence-electron chi connectivity index (χ4n) is 1.47. The maximum Gasteiger partial charge on any atom is 0 e. The standard InChI is InChI=1S/C8H15ClFO2P.W.Y/c1-5-7(4-11-13-3)12-6(2)8(5,9)10;;/h5-7,13H,4H2,1-3H3;;/t5-,6+,7-,8-;;/m1../s1. The normalized spacial score (nSPS) is 42.3. The minimum atomic E-state index is -1.74. The quantitative estimate of drug-likeness (QED) is 0.438. The molecule has 1 aliphatic rings. The van der Waals surface area contributed by atoms with Crippen molar-refractivity contribution in [2.45, 2.75) is 31.2 Å². The number of hydrogen-bond acceptors (Lipinski definition) is 2. The van der Waals surface area contributed by atoms with Crippen molar-refractivity contribution in [3.8, 4) is 0 Å². The molecule has 0 saturated carbocycles. The number of halogens is 2. The van der Waals surface area contributed by atoms with Crippen molar-refractivity contribution < 1.29 is 65.2 Å². The number of alkyl halides is 2. The van der Waals surface area contributed by atoms with Crippen LogP contribution >= 0.6 is 17.4 Å². The summed E-state index contributed by atoms with van der Waals surface area (Å²) in [6.07, 6.45) is -0.753. The van der Waals surface area contributed by atoms with E-state index in [1.165, 1.54) is 18.8 Å². The van der Waals surface area contributed by atoms with Crippen molar-refractivity contribution in [3.63, 3.8) is 0 Å². The summed E-state index contributed by atoms with van der Waals surface area (Å²) in [5, 5.41) is -1.74. The molecule has 5 atom stereocenters. The van der Waals surface area contributed by atoms with Gasteiger partial charge in [0, 0.05) is 32.7 Å². The average molecular weight is 501 g/mol. The predicted molar refractivity (Wildman–Crippen MR) is 53.4 cm³/mol. The maximum absolute atomic E-state index is 13.8. The molecule has 15 heavy (non-hydrogen) atoms. The second-order valence-corrected chi connectivity index (χ2v) is 11.6. The molecule has 0 aliphatic carbocycles. The summed E-state index contributed by atoms with van der Waals surface area (Å²) in [6, 6.07) is 0. The van der Waals surface area contributed by atoms with Gasteiger partial charge in [0.1, 0.15) is 0 Å². The van der Waals surface area contributed by atoms with Crippen molar-refractivity contribution in [1.82, 2.24) is 0 Å². The molecule has 0 N–H and O–H groups in total. The molecule has 1 heterocycles. The predicted octanol–water partition coefficient (Wildman–Crippen LogP) is 2.55. The Labute approximate surface area is 131 Å². The molecule has 7 heteroatoms. The third-order valence-corrected chi connectivity index (χ3v) is 5.03. The van der Waals surface area contributed by atoms with Crippen molar-refractivity contribution in [3.05, 3.63) is 0 Å². The molecule has 1 aliphatic heterocycles. The third kappa shape index (κ3) is 4.51. The summed E-state index contributed by atoms with van der Waals surface area (Å²) in [7, 11) is 0. The number of rotatable bonds is 3. The van der Waals surface area contributed by atoms with Gasteiger partial charge in [0.15, 0.2) is 0 Å². The minimum Gasteiger partial charge on any atom is 0 e. The van der Waals surface area contributed by atoms with E-state index in [-0.39, 0.29) is 44.7 Å². The van der Waals surface area contributed by atoms with Crippen LogP contribution in [0, 0.1) is 5.92 Å². The van der Waals surface area contributed by atoms with Crippen LogP contribution in [0.5, 0.6) is 0 Å². The largest absolute Gasteiger partial charge is 0 e. The Balaban J connectivity index is 0.00000196. The van der Waals surface area contributed by atoms with Gasteiger partial charge in [0.05, 0.1) is 0 Å². The Morgan fingerprint density at radius 2 is 2.13 bits per heavy atom. The summed E-state index contributed by atoms with van der Waals surface area (Å²) in [4.78, 5) is 0. The van der Waals surface area contributed by atoms with E-state index in [1.807, 2.05) is 0 Å². The first kappa shape index (κ1) is 17.4. The summed E-state index contributed by atoms with van der Waals surface area (Å²) in [5.74, 6) is -0.971. The fraction of sp³-hybridized carbons (Fsp3) is 1.00. The summed E-state index contributed by atoms with van der Waals surface area (Å²) in [5.41, 5.74) is 0. The van der Waals surface area contributed by atoms with E-state index in [4.69, 9.17) is 20.9 Å². The average Bonchev–Trinajstić information content (AvgIpc) is 2.26. The van der Waals surface area contributed by atoms with Crippen molar-refractivity contribution in [2.75, 3.05) is 13.3 Å². The molecule has 0 aromatic heterocycles. The molecule has 1 fully saturated rings. The smallest absolute Gasteiger partial charge is 0 e. The molecular formula is C8H15ClFO2PWY. The molecule has 0 spiro atoms. The van der Waals surface area contributed by atoms with Crippen LogP contribution in [-0.4, -0.2) is 30.6 Å². The van der Waals surface area contributed by atoms with Crippen LogP contribution in [0.15, 0.2) is 0 Å². The van der Waals surface area contributed by atoms with Crippen LogP contribution in [-0.2, 0) is 60.8 Å². The van der Waals surface area contributed by atoms with E-state index < -0.39 is 17.0 Å². The second kappa shape index (κ2) is 7.07. The van der Waals surface area contributed by atoms with Crippen LogP contribution in [0.1, 0.15) is 13.8 Å². The fourth-order valence-corrected chi connectivity index (χ4v) is 2.80. The van der Waals surface area contributed by atoms with E-state index in [0.717, 1.165) is 0 Å². The monoisotopic (exact) mass is 501 g/mol. The molecule has 1 rings (SSSR count). The second-order valence-electron chi connectivity index (χ2n) is 3.58. The summed E-state index contributed by atoms with van der Waals surface area (Å²) >= 11 is 7.20. The Morgan fingerprint density at radius 1 is 1.60 bits per heavy atom. The van der Waals surface area contributed by atoms with Crippen molar-refractivity contribution in [2.24, 2.45) is 5.92 Å². The maximum atomic E-state index is 13.8. The van der Waals surface area contributed by atoms with Crippen LogP contribution in [0.4, 0.5) is 4.39 Å². The van der Waals surface area contributed by atoms with Gasteiger partial charge in [-0.2, -0.15) is 0 Å². The van der Waals surface area contributed by atoms with Gasteiger partial charge < -0.3 is 0 Å². The summed E-state index contributed by atoms with van der Waals surface area (Å²) < 4.78 is 24.7. The Bertz CT molecular complexity index is 245. The SMILES string of the molecule is C[C@@H]1O[C@H](CO[PH](C)=[W])[C@@H](C)[C@]1(F)Cl.[Y]. The van der Waals surface area contributed by atoms with E-state index >= 15 is 0 Å². The van der Waals surface area contributed by atoms with E-state index in [9.17, 15) is 4.39 Å². The molecule has 1 radical (unpaired) electrons. The van der Waals surface area contributed by atoms with Crippen LogP contribution < -0.4 is 0 Å². The van der Waals surface area contributed by atoms with Crippen molar-refractivity contribution >= 4 is 17.4 Å². The van der Waals surface area contributed by atoms with E-state index in [0.29, 0.717) is 6.61 Å². The molecular weight excluding hydrogens is 486 g/mol. The summed E-state index contributed by atoms with van der Waals surface area (Å²) in [6.45, 7) is 5.98. The van der Waals surface area contributed by atoms with Gasteiger partial charge in [0.25, 0.3) is 0 Å². The third-order valence-electron chi connectivity index (χ3n) is 2.54. The molecule has 0 aromatic carbocycles. The van der Waals surface area contributed by atoms with Crippen molar-refractivity contribution in [1.29, 1.82) is 0 Å². The van der Waals surface area contributed by atoms with Gasteiger partial charge in [-0.3, -0.25) is 0 Å². The Hall–Kier alpha value is 2.36.